The lowest BCUT2D eigenvalue weighted by atomic mass is 9.69. The van der Waals surface area contributed by atoms with Crippen LogP contribution < -0.4 is 11.5 Å². The van der Waals surface area contributed by atoms with E-state index in [1.54, 1.807) is 12.4 Å². The summed E-state index contributed by atoms with van der Waals surface area (Å²) in [7, 11) is 2.94. The van der Waals surface area contributed by atoms with Gasteiger partial charge in [0, 0.05) is 36.6 Å². The van der Waals surface area contributed by atoms with Crippen LogP contribution in [0.5, 0.6) is 0 Å². The molecule has 0 bridgehead atoms. The number of hydrogen-bond acceptors (Lipinski definition) is 10. The molecule has 2 fully saturated rings. The van der Waals surface area contributed by atoms with Crippen molar-refractivity contribution in [1.82, 2.24) is 28.7 Å². The third kappa shape index (κ3) is 7.05. The second-order valence-corrected chi connectivity index (χ2v) is 15.2. The van der Waals surface area contributed by atoms with E-state index in [2.05, 4.69) is 79.5 Å². The minimum absolute atomic E-state index is 0.0842. The number of nitrogens with zero attached hydrogens (tertiary/aromatic N) is 6. The zero-order valence-electron chi connectivity index (χ0n) is 28.4. The highest BCUT2D eigenvalue weighted by Gasteiger charge is 2.40. The average molecular weight is 791 g/mol. The van der Waals surface area contributed by atoms with Crippen LogP contribution in [0, 0.1) is 35.5 Å². The molecular weight excluding hydrogens is 744 g/mol. The van der Waals surface area contributed by atoms with Crippen LogP contribution in [0.15, 0.2) is 34.0 Å². The van der Waals surface area contributed by atoms with Gasteiger partial charge in [-0.3, -0.25) is 18.4 Å². The number of methoxy groups -OCH3 is 2. The van der Waals surface area contributed by atoms with Crippen molar-refractivity contribution in [1.29, 1.82) is 0 Å². The molecule has 4 aromatic rings. The highest BCUT2D eigenvalue weighted by Crippen LogP contribution is 2.45. The van der Waals surface area contributed by atoms with Crippen LogP contribution in [0.1, 0.15) is 89.7 Å². The summed E-state index contributed by atoms with van der Waals surface area (Å²) in [5.74, 6) is 4.39. The molecule has 0 saturated heterocycles. The molecule has 4 N–H and O–H groups in total. The molecule has 0 spiro atoms. The molecule has 0 amide bonds. The van der Waals surface area contributed by atoms with Crippen molar-refractivity contribution in [3.63, 3.8) is 0 Å². The Bertz CT molecular complexity index is 1640. The number of anilines is 2. The monoisotopic (exact) mass is 788 g/mol. The first kappa shape index (κ1) is 36.0. The summed E-state index contributed by atoms with van der Waals surface area (Å²) in [4.78, 5) is 42.2. The van der Waals surface area contributed by atoms with Gasteiger partial charge in [0.15, 0.2) is 11.6 Å². The lowest BCUT2D eigenvalue weighted by molar-refractivity contribution is -0.150. The van der Waals surface area contributed by atoms with Gasteiger partial charge in [0.1, 0.15) is 31.9 Å². The Morgan fingerprint density at radius 1 is 0.729 bits per heavy atom. The Kier molecular flexibility index (Phi) is 11.3. The SMILES string of the molecule is COC(=O)[C@@H]1C[C@H](c2nc(Br)c3c(N)nccn23)CC[C@@H]1C(C)C.COC(=O)[C@H]1C[C@@H](c2nc(Br)c3c(N)nccn23)CC[C@H]1C(C)C. The standard InChI is InChI=1S/2C17H23BrN4O2/c2*1-9(2)11-5-4-10(8-12(11)17(23)24-3)16-21-14(18)13-15(19)20-6-7-22(13)16/h2*6-7,9-12H,4-5,8H2,1-3H3,(H2,19,20)/t2*10-,11-,12-/m10/s1. The van der Waals surface area contributed by atoms with E-state index in [4.69, 9.17) is 20.9 Å². The van der Waals surface area contributed by atoms with E-state index in [0.717, 1.165) is 61.2 Å². The van der Waals surface area contributed by atoms with Crippen molar-refractivity contribution < 1.29 is 19.1 Å². The zero-order valence-corrected chi connectivity index (χ0v) is 31.6. The quantitative estimate of drug-likeness (QED) is 0.198. The number of aromatic nitrogens is 6. The molecule has 6 rings (SSSR count). The Labute approximate surface area is 298 Å². The number of rotatable bonds is 6. The van der Waals surface area contributed by atoms with Crippen LogP contribution >= 0.6 is 31.9 Å². The van der Waals surface area contributed by atoms with Gasteiger partial charge in [0.25, 0.3) is 0 Å². The Balaban J connectivity index is 0.000000188. The smallest absolute Gasteiger partial charge is 0.308 e. The van der Waals surface area contributed by atoms with E-state index in [-0.39, 0.29) is 35.6 Å². The van der Waals surface area contributed by atoms with Crippen molar-refractivity contribution in [3.05, 3.63) is 45.6 Å². The third-order valence-electron chi connectivity index (χ3n) is 10.4. The number of hydrogen-bond donors (Lipinski definition) is 2. The molecule has 12 nitrogen and oxygen atoms in total. The predicted octanol–water partition coefficient (Wildman–Crippen LogP) is 6.81. The highest BCUT2D eigenvalue weighted by atomic mass is 79.9. The summed E-state index contributed by atoms with van der Waals surface area (Å²) in [5, 5.41) is 0. The Hall–Kier alpha value is -3.26. The van der Waals surface area contributed by atoms with Gasteiger partial charge in [0.05, 0.1) is 26.1 Å². The number of esters is 2. The summed E-state index contributed by atoms with van der Waals surface area (Å²) in [6.07, 6.45) is 12.6. The van der Waals surface area contributed by atoms with Crippen LogP contribution in [0.25, 0.3) is 11.0 Å². The van der Waals surface area contributed by atoms with Crippen LogP contribution in [0.4, 0.5) is 11.6 Å². The molecular formula is C34H46Br2N8O4. The van der Waals surface area contributed by atoms with Gasteiger partial charge in [-0.15, -0.1) is 0 Å². The fraction of sp³-hybridized carbons (Fsp3) is 0.588. The molecule has 0 aliphatic heterocycles. The summed E-state index contributed by atoms with van der Waals surface area (Å²) >= 11 is 6.97. The minimum Gasteiger partial charge on any atom is -0.469 e. The topological polar surface area (TPSA) is 165 Å². The summed E-state index contributed by atoms with van der Waals surface area (Å²) in [6, 6.07) is 0. The largest absolute Gasteiger partial charge is 0.469 e. The van der Waals surface area contributed by atoms with E-state index in [1.165, 1.54) is 14.2 Å². The highest BCUT2D eigenvalue weighted by molar-refractivity contribution is 9.10. The normalized spacial score (nSPS) is 24.5. The molecule has 6 atom stereocenters. The molecule has 14 heteroatoms. The zero-order chi connectivity index (χ0) is 34.9. The Morgan fingerprint density at radius 3 is 1.44 bits per heavy atom. The first-order valence-corrected chi connectivity index (χ1v) is 18.2. The second kappa shape index (κ2) is 15.1. The molecule has 0 unspecified atom stereocenters. The molecule has 48 heavy (non-hydrogen) atoms. The summed E-state index contributed by atoms with van der Waals surface area (Å²) in [5.41, 5.74) is 13.5. The summed E-state index contributed by atoms with van der Waals surface area (Å²) in [6.45, 7) is 8.70. The molecule has 0 radical (unpaired) electrons. The number of nitrogens with two attached hydrogens (primary N) is 2. The molecule has 0 aromatic carbocycles. The maximum Gasteiger partial charge on any atom is 0.308 e. The Morgan fingerprint density at radius 2 is 1.10 bits per heavy atom. The fourth-order valence-electron chi connectivity index (χ4n) is 7.96. The van der Waals surface area contributed by atoms with Gasteiger partial charge in [-0.2, -0.15) is 0 Å². The van der Waals surface area contributed by atoms with Crippen molar-refractivity contribution in [2.45, 2.75) is 78.1 Å². The van der Waals surface area contributed by atoms with Crippen LogP contribution in [-0.4, -0.2) is 54.9 Å². The lowest BCUT2D eigenvalue weighted by Gasteiger charge is -2.36. The lowest BCUT2D eigenvalue weighted by Crippen LogP contribution is -2.34. The van der Waals surface area contributed by atoms with Gasteiger partial charge in [-0.1, -0.05) is 27.7 Å². The number of fused-ring (bicyclic) bond motifs is 2. The minimum atomic E-state index is -0.112. The van der Waals surface area contributed by atoms with Gasteiger partial charge < -0.3 is 20.9 Å². The molecule has 260 valence electrons. The van der Waals surface area contributed by atoms with E-state index in [0.29, 0.717) is 44.5 Å². The first-order valence-electron chi connectivity index (χ1n) is 16.6. The van der Waals surface area contributed by atoms with Gasteiger partial charge >= 0.3 is 11.9 Å². The molecule has 2 aliphatic carbocycles. The van der Waals surface area contributed by atoms with Gasteiger partial charge in [-0.25, -0.2) is 19.9 Å². The van der Waals surface area contributed by atoms with Gasteiger partial charge in [0.2, 0.25) is 0 Å². The van der Waals surface area contributed by atoms with Crippen molar-refractivity contribution >= 4 is 66.5 Å². The second-order valence-electron chi connectivity index (χ2n) is 13.7. The number of ether oxygens (including phenoxy) is 2. The maximum absolute atomic E-state index is 12.3. The average Bonchev–Trinajstić information content (AvgIpc) is 3.61. The van der Waals surface area contributed by atoms with Crippen LogP contribution in [0.2, 0.25) is 0 Å². The first-order chi connectivity index (χ1) is 22.9. The van der Waals surface area contributed by atoms with Crippen molar-refractivity contribution in [2.24, 2.45) is 35.5 Å². The fourth-order valence-corrected chi connectivity index (χ4v) is 9.11. The van der Waals surface area contributed by atoms with Crippen molar-refractivity contribution in [2.75, 3.05) is 25.7 Å². The molecule has 4 aromatic heterocycles. The summed E-state index contributed by atoms with van der Waals surface area (Å²) < 4.78 is 15.5. The van der Waals surface area contributed by atoms with Crippen molar-refractivity contribution in [3.8, 4) is 0 Å². The number of carbonyl (C=O) groups excluding carboxylic acids is 2. The third-order valence-corrected chi connectivity index (χ3v) is 11.5. The number of carbonyl (C=O) groups is 2. The number of imidazole rings is 2. The number of halogens is 2. The maximum atomic E-state index is 12.3. The van der Waals surface area contributed by atoms with E-state index < -0.39 is 0 Å². The van der Waals surface area contributed by atoms with Crippen LogP contribution in [0.3, 0.4) is 0 Å². The van der Waals surface area contributed by atoms with E-state index >= 15 is 0 Å². The van der Waals surface area contributed by atoms with E-state index in [9.17, 15) is 9.59 Å². The molecule has 2 saturated carbocycles. The van der Waals surface area contributed by atoms with E-state index in [1.807, 2.05) is 21.2 Å². The molecule has 4 heterocycles. The predicted molar refractivity (Wildman–Crippen MR) is 191 cm³/mol. The molecule has 2 aliphatic rings. The van der Waals surface area contributed by atoms with Gasteiger partial charge in [-0.05, 0) is 94.1 Å². The van der Waals surface area contributed by atoms with Crippen LogP contribution in [-0.2, 0) is 19.1 Å². The number of nitrogen functional groups attached to an aromatic ring is 2.